The van der Waals surface area contributed by atoms with E-state index in [1.54, 1.807) is 4.90 Å². The SMILES string of the molecule is Cc1ccc(C2NCC(=O)N2CCCS(C)(=O)=O)c(C)c1. The third-order valence-corrected chi connectivity index (χ3v) is 4.74. The van der Waals surface area contributed by atoms with Crippen LogP contribution in [0.2, 0.25) is 0 Å². The van der Waals surface area contributed by atoms with E-state index < -0.39 is 9.84 Å². The van der Waals surface area contributed by atoms with Crippen molar-refractivity contribution >= 4 is 15.7 Å². The molecule has 1 saturated heterocycles. The molecule has 6 heteroatoms. The Kier molecular flexibility index (Phi) is 4.68. The topological polar surface area (TPSA) is 66.5 Å². The summed E-state index contributed by atoms with van der Waals surface area (Å²) in [5.74, 6) is 0.129. The number of hydrogen-bond acceptors (Lipinski definition) is 4. The Balaban J connectivity index is 2.12. The average Bonchev–Trinajstić information content (AvgIpc) is 2.70. The van der Waals surface area contributed by atoms with Crippen LogP contribution in [-0.2, 0) is 14.6 Å². The van der Waals surface area contributed by atoms with E-state index in [1.807, 2.05) is 26.0 Å². The lowest BCUT2D eigenvalue weighted by atomic mass is 10.0. The first-order valence-electron chi connectivity index (χ1n) is 7.05. The highest BCUT2D eigenvalue weighted by atomic mass is 32.2. The molecule has 0 bridgehead atoms. The third-order valence-electron chi connectivity index (χ3n) is 3.71. The highest BCUT2D eigenvalue weighted by Crippen LogP contribution is 2.26. The predicted octanol–water partition coefficient (Wildman–Crippen LogP) is 1.17. The van der Waals surface area contributed by atoms with E-state index in [9.17, 15) is 13.2 Å². The lowest BCUT2D eigenvalue weighted by Gasteiger charge is -2.26. The fraction of sp³-hybridized carbons (Fsp3) is 0.533. The lowest BCUT2D eigenvalue weighted by Crippen LogP contribution is -2.32. The zero-order valence-electron chi connectivity index (χ0n) is 12.7. The summed E-state index contributed by atoms with van der Waals surface area (Å²) >= 11 is 0. The first-order chi connectivity index (χ1) is 9.78. The van der Waals surface area contributed by atoms with E-state index in [4.69, 9.17) is 0 Å². The maximum Gasteiger partial charge on any atom is 0.238 e. The lowest BCUT2D eigenvalue weighted by molar-refractivity contribution is -0.128. The van der Waals surface area contributed by atoms with Crippen molar-refractivity contribution in [2.24, 2.45) is 0 Å². The number of nitrogens with zero attached hydrogens (tertiary/aromatic N) is 1. The van der Waals surface area contributed by atoms with Gasteiger partial charge in [0, 0.05) is 12.8 Å². The summed E-state index contributed by atoms with van der Waals surface area (Å²) < 4.78 is 22.4. The number of nitrogens with one attached hydrogen (secondary N) is 1. The fourth-order valence-corrected chi connectivity index (χ4v) is 3.35. The van der Waals surface area contributed by atoms with E-state index >= 15 is 0 Å². The molecule has 116 valence electrons. The van der Waals surface area contributed by atoms with Gasteiger partial charge < -0.3 is 4.90 Å². The Bertz CT molecular complexity index is 640. The predicted molar refractivity (Wildman–Crippen MR) is 82.7 cm³/mol. The second kappa shape index (κ2) is 6.15. The molecule has 1 amide bonds. The molecule has 1 heterocycles. The molecule has 5 nitrogen and oxygen atoms in total. The molecular weight excluding hydrogens is 288 g/mol. The van der Waals surface area contributed by atoms with Crippen LogP contribution in [0.4, 0.5) is 0 Å². The number of sulfone groups is 1. The van der Waals surface area contributed by atoms with E-state index in [0.717, 1.165) is 11.1 Å². The van der Waals surface area contributed by atoms with Gasteiger partial charge in [-0.3, -0.25) is 10.1 Å². The van der Waals surface area contributed by atoms with Gasteiger partial charge in [0.05, 0.1) is 12.3 Å². The Hall–Kier alpha value is -1.40. The van der Waals surface area contributed by atoms with Gasteiger partial charge in [-0.15, -0.1) is 0 Å². The minimum Gasteiger partial charge on any atom is -0.322 e. The highest BCUT2D eigenvalue weighted by Gasteiger charge is 2.31. The molecule has 21 heavy (non-hydrogen) atoms. The zero-order chi connectivity index (χ0) is 15.6. The van der Waals surface area contributed by atoms with Gasteiger partial charge in [-0.2, -0.15) is 0 Å². The molecule has 0 spiro atoms. The molecule has 1 N–H and O–H groups in total. The fourth-order valence-electron chi connectivity index (χ4n) is 2.70. The number of amides is 1. The number of carbonyl (C=O) groups excluding carboxylic acids is 1. The van der Waals surface area contributed by atoms with Crippen LogP contribution in [0.5, 0.6) is 0 Å². The van der Waals surface area contributed by atoms with E-state index in [0.29, 0.717) is 19.5 Å². The molecule has 1 aliphatic heterocycles. The maximum atomic E-state index is 12.0. The van der Waals surface area contributed by atoms with Gasteiger partial charge >= 0.3 is 0 Å². The second-order valence-electron chi connectivity index (χ2n) is 5.71. The summed E-state index contributed by atoms with van der Waals surface area (Å²) in [4.78, 5) is 13.7. The van der Waals surface area contributed by atoms with Crippen molar-refractivity contribution < 1.29 is 13.2 Å². The van der Waals surface area contributed by atoms with Gasteiger partial charge in [0.1, 0.15) is 16.0 Å². The van der Waals surface area contributed by atoms with Crippen molar-refractivity contribution in [3.8, 4) is 0 Å². The van der Waals surface area contributed by atoms with Crippen LogP contribution < -0.4 is 5.32 Å². The third kappa shape index (κ3) is 4.04. The molecule has 1 aromatic rings. The Morgan fingerprint density at radius 3 is 2.67 bits per heavy atom. The van der Waals surface area contributed by atoms with Crippen LogP contribution in [0, 0.1) is 13.8 Å². The summed E-state index contributed by atoms with van der Waals surface area (Å²) in [6, 6.07) is 6.15. The molecule has 1 unspecified atom stereocenters. The summed E-state index contributed by atoms with van der Waals surface area (Å²) in [6.45, 7) is 4.82. The van der Waals surface area contributed by atoms with Crippen molar-refractivity contribution in [2.45, 2.75) is 26.4 Å². The van der Waals surface area contributed by atoms with Gasteiger partial charge in [0.15, 0.2) is 0 Å². The Labute approximate surface area is 126 Å². The van der Waals surface area contributed by atoms with Crippen molar-refractivity contribution in [1.29, 1.82) is 0 Å². The Morgan fingerprint density at radius 2 is 2.05 bits per heavy atom. The van der Waals surface area contributed by atoms with Gasteiger partial charge in [-0.1, -0.05) is 23.8 Å². The normalized spacial score (nSPS) is 19.3. The molecule has 0 aromatic heterocycles. The standard InChI is InChI=1S/C15H22N2O3S/c1-11-5-6-13(12(2)9-11)15-16-10-14(18)17(15)7-4-8-21(3,19)20/h5-6,9,15-16H,4,7-8,10H2,1-3H3. The molecule has 2 rings (SSSR count). The summed E-state index contributed by atoms with van der Waals surface area (Å²) in [5.41, 5.74) is 3.39. The largest absolute Gasteiger partial charge is 0.322 e. The van der Waals surface area contributed by atoms with Crippen LogP contribution in [-0.4, -0.2) is 44.3 Å². The van der Waals surface area contributed by atoms with Crippen LogP contribution in [0.15, 0.2) is 18.2 Å². The van der Waals surface area contributed by atoms with Gasteiger partial charge in [0.25, 0.3) is 0 Å². The molecule has 1 aliphatic rings. The highest BCUT2D eigenvalue weighted by molar-refractivity contribution is 7.90. The first kappa shape index (κ1) is 16.0. The quantitative estimate of drug-likeness (QED) is 0.886. The van der Waals surface area contributed by atoms with Crippen LogP contribution in [0.3, 0.4) is 0 Å². The molecule has 0 aliphatic carbocycles. The molecule has 1 aromatic carbocycles. The van der Waals surface area contributed by atoms with Crippen LogP contribution >= 0.6 is 0 Å². The smallest absolute Gasteiger partial charge is 0.238 e. The second-order valence-corrected chi connectivity index (χ2v) is 7.97. The van der Waals surface area contributed by atoms with Crippen LogP contribution in [0.25, 0.3) is 0 Å². The minimum absolute atomic E-state index is 0.0217. The Morgan fingerprint density at radius 1 is 1.33 bits per heavy atom. The number of rotatable bonds is 5. The van der Waals surface area contributed by atoms with Crippen molar-refractivity contribution in [3.63, 3.8) is 0 Å². The van der Waals surface area contributed by atoms with Gasteiger partial charge in [-0.05, 0) is 31.4 Å². The van der Waals surface area contributed by atoms with Crippen LogP contribution in [0.1, 0.15) is 29.3 Å². The molecular formula is C15H22N2O3S. The first-order valence-corrected chi connectivity index (χ1v) is 9.12. The van der Waals surface area contributed by atoms with Crippen molar-refractivity contribution in [1.82, 2.24) is 10.2 Å². The van der Waals surface area contributed by atoms with E-state index in [-0.39, 0.29) is 17.8 Å². The number of aryl methyl sites for hydroxylation is 2. The van der Waals surface area contributed by atoms with Gasteiger partial charge in [0.2, 0.25) is 5.91 Å². The van der Waals surface area contributed by atoms with E-state index in [2.05, 4.69) is 11.4 Å². The van der Waals surface area contributed by atoms with E-state index in [1.165, 1.54) is 11.8 Å². The minimum atomic E-state index is -2.99. The van der Waals surface area contributed by atoms with Gasteiger partial charge in [-0.25, -0.2) is 8.42 Å². The monoisotopic (exact) mass is 310 g/mol. The zero-order valence-corrected chi connectivity index (χ0v) is 13.5. The average molecular weight is 310 g/mol. The number of hydrogen-bond donors (Lipinski definition) is 1. The number of carbonyl (C=O) groups is 1. The van der Waals surface area contributed by atoms with Crippen molar-refractivity contribution in [2.75, 3.05) is 25.1 Å². The molecule has 0 saturated carbocycles. The summed E-state index contributed by atoms with van der Waals surface area (Å²) in [6.07, 6.45) is 1.53. The summed E-state index contributed by atoms with van der Waals surface area (Å²) in [5, 5.41) is 3.21. The van der Waals surface area contributed by atoms with Crippen molar-refractivity contribution in [3.05, 3.63) is 34.9 Å². The maximum absolute atomic E-state index is 12.0. The molecule has 1 fully saturated rings. The summed E-state index contributed by atoms with van der Waals surface area (Å²) in [7, 11) is -2.99. The molecule has 1 atom stereocenters. The molecule has 0 radical (unpaired) electrons. The number of benzene rings is 1.